The van der Waals surface area contributed by atoms with Gasteiger partial charge in [-0.05, 0) is 25.0 Å². The minimum Gasteiger partial charge on any atom is -0.324 e. The van der Waals surface area contributed by atoms with E-state index in [1.807, 2.05) is 24.3 Å². The molecule has 102 valence electrons. The molecule has 1 aromatic heterocycles. The zero-order valence-electron chi connectivity index (χ0n) is 11.6. The largest absolute Gasteiger partial charge is 0.324 e. The van der Waals surface area contributed by atoms with E-state index in [4.69, 9.17) is 0 Å². The van der Waals surface area contributed by atoms with E-state index in [1.165, 1.54) is 0 Å². The molecule has 0 aliphatic carbocycles. The number of nitrogens with one attached hydrogen (secondary N) is 2. The smallest absolute Gasteiger partial charge is 0.229 e. The predicted octanol–water partition coefficient (Wildman–Crippen LogP) is 3.72. The summed E-state index contributed by atoms with van der Waals surface area (Å²) in [5, 5.41) is 2.90. The van der Waals surface area contributed by atoms with Gasteiger partial charge in [-0.2, -0.15) is 0 Å². The molecule has 4 heteroatoms. The van der Waals surface area contributed by atoms with Crippen molar-refractivity contribution >= 4 is 22.9 Å². The number of aromatic amines is 1. The van der Waals surface area contributed by atoms with Crippen LogP contribution < -0.4 is 5.32 Å². The van der Waals surface area contributed by atoms with Crippen LogP contribution in [-0.2, 0) is 4.79 Å². The minimum absolute atomic E-state index is 0.0720. The van der Waals surface area contributed by atoms with Gasteiger partial charge in [0.25, 0.3) is 0 Å². The summed E-state index contributed by atoms with van der Waals surface area (Å²) in [6.07, 6.45) is 3.91. The molecule has 1 heterocycles. The molecule has 0 fully saturated rings. The molecule has 2 N–H and O–H groups in total. The molecule has 2 aromatic rings. The fraction of sp³-hybridized carbons (Fsp3) is 0.467. The summed E-state index contributed by atoms with van der Waals surface area (Å²) in [6, 6.07) is 7.76. The SMILES string of the molecule is CCCC(CCC)C(=O)Nc1nc2ccccc2[nH]1. The van der Waals surface area contributed by atoms with Gasteiger partial charge < -0.3 is 4.98 Å². The van der Waals surface area contributed by atoms with E-state index in [9.17, 15) is 4.79 Å². The average Bonchev–Trinajstić information content (AvgIpc) is 2.80. The van der Waals surface area contributed by atoms with E-state index in [1.54, 1.807) is 0 Å². The number of hydrogen-bond donors (Lipinski definition) is 2. The second kappa shape index (κ2) is 6.36. The number of H-pyrrole nitrogens is 1. The number of aromatic nitrogens is 2. The van der Waals surface area contributed by atoms with Gasteiger partial charge in [0, 0.05) is 5.92 Å². The number of hydrogen-bond acceptors (Lipinski definition) is 2. The minimum atomic E-state index is 0.0720. The summed E-state index contributed by atoms with van der Waals surface area (Å²) < 4.78 is 0. The normalized spacial score (nSPS) is 11.1. The molecule has 0 saturated heterocycles. The van der Waals surface area contributed by atoms with Crippen LogP contribution in [0.15, 0.2) is 24.3 Å². The Bertz CT molecular complexity index is 508. The molecule has 2 rings (SSSR count). The maximum atomic E-state index is 12.2. The van der Waals surface area contributed by atoms with Crippen molar-refractivity contribution in [3.63, 3.8) is 0 Å². The van der Waals surface area contributed by atoms with Gasteiger partial charge in [0.05, 0.1) is 11.0 Å². The van der Waals surface area contributed by atoms with Crippen LogP contribution in [0.3, 0.4) is 0 Å². The molecule has 0 aliphatic heterocycles. The molecule has 4 nitrogen and oxygen atoms in total. The van der Waals surface area contributed by atoms with Crippen LogP contribution in [0.5, 0.6) is 0 Å². The van der Waals surface area contributed by atoms with Crippen molar-refractivity contribution in [2.24, 2.45) is 5.92 Å². The van der Waals surface area contributed by atoms with E-state index in [2.05, 4.69) is 29.1 Å². The fourth-order valence-corrected chi connectivity index (χ4v) is 2.33. The molecule has 0 radical (unpaired) electrons. The standard InChI is InChI=1S/C15H21N3O/c1-3-7-11(8-4-2)14(19)18-15-16-12-9-5-6-10-13(12)17-15/h5-6,9-11H,3-4,7-8H2,1-2H3,(H2,16,17,18,19). The van der Waals surface area contributed by atoms with E-state index in [0.717, 1.165) is 36.7 Å². The molecule has 1 amide bonds. The number of amides is 1. The van der Waals surface area contributed by atoms with Crippen molar-refractivity contribution in [1.82, 2.24) is 9.97 Å². The summed E-state index contributed by atoms with van der Waals surface area (Å²) in [5.74, 6) is 0.703. The van der Waals surface area contributed by atoms with Gasteiger partial charge in [-0.1, -0.05) is 38.8 Å². The molecule has 0 unspecified atom stereocenters. The number of imidazole rings is 1. The van der Waals surface area contributed by atoms with Crippen molar-refractivity contribution in [3.05, 3.63) is 24.3 Å². The summed E-state index contributed by atoms with van der Waals surface area (Å²) in [5.41, 5.74) is 1.82. The first kappa shape index (κ1) is 13.6. The Labute approximate surface area is 113 Å². The number of benzene rings is 1. The fourth-order valence-electron chi connectivity index (χ4n) is 2.33. The molecule has 0 saturated carbocycles. The van der Waals surface area contributed by atoms with Crippen molar-refractivity contribution < 1.29 is 4.79 Å². The number of para-hydroxylation sites is 2. The predicted molar refractivity (Wildman–Crippen MR) is 78.0 cm³/mol. The number of rotatable bonds is 6. The lowest BCUT2D eigenvalue weighted by atomic mass is 9.97. The van der Waals surface area contributed by atoms with Gasteiger partial charge >= 0.3 is 0 Å². The van der Waals surface area contributed by atoms with Crippen LogP contribution in [-0.4, -0.2) is 15.9 Å². The number of carbonyl (C=O) groups is 1. The average molecular weight is 259 g/mol. The lowest BCUT2D eigenvalue weighted by molar-refractivity contribution is -0.120. The highest BCUT2D eigenvalue weighted by molar-refractivity contribution is 5.92. The Morgan fingerprint density at radius 3 is 2.58 bits per heavy atom. The van der Waals surface area contributed by atoms with Gasteiger partial charge in [0.1, 0.15) is 0 Å². The number of nitrogens with zero attached hydrogens (tertiary/aromatic N) is 1. The molecule has 0 atom stereocenters. The highest BCUT2D eigenvalue weighted by atomic mass is 16.2. The lowest BCUT2D eigenvalue weighted by Gasteiger charge is -2.13. The second-order valence-corrected chi connectivity index (χ2v) is 4.87. The van der Waals surface area contributed by atoms with E-state index < -0.39 is 0 Å². The first-order valence-electron chi connectivity index (χ1n) is 7.00. The Balaban J connectivity index is 2.08. The zero-order valence-corrected chi connectivity index (χ0v) is 11.6. The van der Waals surface area contributed by atoms with Gasteiger partial charge in [0.15, 0.2) is 0 Å². The summed E-state index contributed by atoms with van der Waals surface area (Å²) >= 11 is 0. The quantitative estimate of drug-likeness (QED) is 0.830. The van der Waals surface area contributed by atoms with E-state index >= 15 is 0 Å². The Morgan fingerprint density at radius 1 is 1.26 bits per heavy atom. The Hall–Kier alpha value is -1.84. The number of anilines is 1. The van der Waals surface area contributed by atoms with Crippen molar-refractivity contribution in [2.75, 3.05) is 5.32 Å². The monoisotopic (exact) mass is 259 g/mol. The van der Waals surface area contributed by atoms with Crippen molar-refractivity contribution in [1.29, 1.82) is 0 Å². The van der Waals surface area contributed by atoms with Gasteiger partial charge in [-0.15, -0.1) is 0 Å². The molecular formula is C15H21N3O. The van der Waals surface area contributed by atoms with Crippen LogP contribution in [0.4, 0.5) is 5.95 Å². The highest BCUT2D eigenvalue weighted by Crippen LogP contribution is 2.17. The van der Waals surface area contributed by atoms with E-state index in [0.29, 0.717) is 5.95 Å². The Kier molecular flexibility index (Phi) is 4.55. The molecule has 1 aromatic carbocycles. The van der Waals surface area contributed by atoms with Crippen LogP contribution in [0.25, 0.3) is 11.0 Å². The highest BCUT2D eigenvalue weighted by Gasteiger charge is 2.17. The van der Waals surface area contributed by atoms with Gasteiger partial charge in [-0.25, -0.2) is 4.98 Å². The Morgan fingerprint density at radius 2 is 1.95 bits per heavy atom. The van der Waals surface area contributed by atoms with Crippen LogP contribution in [0.2, 0.25) is 0 Å². The van der Waals surface area contributed by atoms with Crippen molar-refractivity contribution in [2.45, 2.75) is 39.5 Å². The summed E-state index contributed by atoms with van der Waals surface area (Å²) in [6.45, 7) is 4.22. The number of carbonyl (C=O) groups excluding carboxylic acids is 1. The summed E-state index contributed by atoms with van der Waals surface area (Å²) in [4.78, 5) is 19.7. The second-order valence-electron chi connectivity index (χ2n) is 4.87. The molecule has 0 bridgehead atoms. The topological polar surface area (TPSA) is 57.8 Å². The first-order valence-corrected chi connectivity index (χ1v) is 7.00. The lowest BCUT2D eigenvalue weighted by Crippen LogP contribution is -2.23. The third kappa shape index (κ3) is 3.34. The van der Waals surface area contributed by atoms with Gasteiger partial charge in [-0.3, -0.25) is 10.1 Å². The molecule has 0 aliphatic rings. The first-order chi connectivity index (χ1) is 9.24. The summed E-state index contributed by atoms with van der Waals surface area (Å²) in [7, 11) is 0. The maximum Gasteiger partial charge on any atom is 0.229 e. The van der Waals surface area contributed by atoms with Crippen LogP contribution >= 0.6 is 0 Å². The third-order valence-corrected chi connectivity index (χ3v) is 3.28. The van der Waals surface area contributed by atoms with Crippen LogP contribution in [0, 0.1) is 5.92 Å². The molecule has 19 heavy (non-hydrogen) atoms. The van der Waals surface area contributed by atoms with Crippen molar-refractivity contribution in [3.8, 4) is 0 Å². The van der Waals surface area contributed by atoms with Crippen LogP contribution in [0.1, 0.15) is 39.5 Å². The number of fused-ring (bicyclic) bond motifs is 1. The maximum absolute atomic E-state index is 12.2. The van der Waals surface area contributed by atoms with E-state index in [-0.39, 0.29) is 11.8 Å². The molecular weight excluding hydrogens is 238 g/mol. The zero-order chi connectivity index (χ0) is 13.7. The third-order valence-electron chi connectivity index (χ3n) is 3.28. The molecule has 0 spiro atoms. The van der Waals surface area contributed by atoms with Gasteiger partial charge in [0.2, 0.25) is 11.9 Å².